The fourth-order valence-electron chi connectivity index (χ4n) is 5.89. The third-order valence-corrected chi connectivity index (χ3v) is 10.5. The molecule has 0 atom stereocenters. The highest BCUT2D eigenvalue weighted by Crippen LogP contribution is 2.46. The molecule has 37 heavy (non-hydrogen) atoms. The molecule has 0 aliphatic rings. The molecule has 0 amide bonds. The SMILES string of the molecule is CCCCCCCCCCCCc1ccc2cc3c(cc2c1)sc1c2cc4ccc(C)cc4cc2sc31. The maximum atomic E-state index is 2.45. The van der Waals surface area contributed by atoms with E-state index in [2.05, 4.69) is 74.5 Å². The van der Waals surface area contributed by atoms with Crippen LogP contribution in [0.2, 0.25) is 0 Å². The normalized spacial score (nSPS) is 12.2. The molecule has 0 spiro atoms. The van der Waals surface area contributed by atoms with E-state index in [1.54, 1.807) is 0 Å². The minimum absolute atomic E-state index is 1.21. The molecule has 2 heterocycles. The van der Waals surface area contributed by atoms with Crippen molar-refractivity contribution in [3.8, 4) is 0 Å². The molecular formula is C35H38S2. The van der Waals surface area contributed by atoms with Crippen molar-refractivity contribution in [2.75, 3.05) is 0 Å². The van der Waals surface area contributed by atoms with Crippen molar-refractivity contribution in [3.05, 3.63) is 71.8 Å². The van der Waals surface area contributed by atoms with Gasteiger partial charge in [0.2, 0.25) is 0 Å². The minimum Gasteiger partial charge on any atom is -0.134 e. The van der Waals surface area contributed by atoms with Gasteiger partial charge in [0.15, 0.2) is 0 Å². The maximum Gasteiger partial charge on any atom is 0.0542 e. The lowest BCUT2D eigenvalue weighted by molar-refractivity contribution is 0.556. The molecule has 2 aromatic heterocycles. The quantitative estimate of drug-likeness (QED) is 0.148. The van der Waals surface area contributed by atoms with E-state index in [0.29, 0.717) is 0 Å². The molecule has 6 rings (SSSR count). The van der Waals surface area contributed by atoms with Crippen LogP contribution in [0.1, 0.15) is 82.3 Å². The largest absolute Gasteiger partial charge is 0.134 e. The summed E-state index contributed by atoms with van der Waals surface area (Å²) >= 11 is 3.94. The van der Waals surface area contributed by atoms with Crippen LogP contribution in [-0.4, -0.2) is 0 Å². The van der Waals surface area contributed by atoms with E-state index in [1.165, 1.54) is 133 Å². The molecule has 0 saturated carbocycles. The van der Waals surface area contributed by atoms with Crippen molar-refractivity contribution < 1.29 is 0 Å². The van der Waals surface area contributed by atoms with Crippen LogP contribution in [0.25, 0.3) is 51.1 Å². The molecule has 0 aliphatic carbocycles. The number of unbranched alkanes of at least 4 members (excludes halogenated alkanes) is 9. The van der Waals surface area contributed by atoms with E-state index < -0.39 is 0 Å². The average molecular weight is 523 g/mol. The summed E-state index contributed by atoms with van der Waals surface area (Å²) in [6.07, 6.45) is 15.2. The minimum atomic E-state index is 1.21. The smallest absolute Gasteiger partial charge is 0.0542 e. The molecule has 6 aromatic rings. The third kappa shape index (κ3) is 5.29. The zero-order chi connectivity index (χ0) is 25.2. The van der Waals surface area contributed by atoms with Gasteiger partial charge in [0.1, 0.15) is 0 Å². The molecule has 0 nitrogen and oxygen atoms in total. The van der Waals surface area contributed by atoms with Crippen LogP contribution in [0.15, 0.2) is 60.7 Å². The second kappa shape index (κ2) is 11.1. The number of rotatable bonds is 11. The summed E-state index contributed by atoms with van der Waals surface area (Å²) in [5.41, 5.74) is 2.83. The van der Waals surface area contributed by atoms with Gasteiger partial charge < -0.3 is 0 Å². The van der Waals surface area contributed by atoms with Gasteiger partial charge in [-0.15, -0.1) is 22.7 Å². The Morgan fingerprint density at radius 2 is 1.05 bits per heavy atom. The summed E-state index contributed by atoms with van der Waals surface area (Å²) in [5, 5.41) is 8.32. The molecule has 190 valence electrons. The third-order valence-electron chi connectivity index (χ3n) is 8.04. The van der Waals surface area contributed by atoms with Gasteiger partial charge in [-0.25, -0.2) is 0 Å². The van der Waals surface area contributed by atoms with Crippen LogP contribution in [0, 0.1) is 6.92 Å². The summed E-state index contributed by atoms with van der Waals surface area (Å²) in [7, 11) is 0. The van der Waals surface area contributed by atoms with Crippen LogP contribution < -0.4 is 0 Å². The van der Waals surface area contributed by atoms with Crippen molar-refractivity contribution in [2.24, 2.45) is 0 Å². The first-order chi connectivity index (χ1) is 18.2. The Bertz CT molecular complexity index is 1680. The fraction of sp³-hybridized carbons (Fsp3) is 0.371. The molecule has 0 fully saturated rings. The number of fused-ring (bicyclic) bond motifs is 7. The molecule has 0 N–H and O–H groups in total. The number of hydrogen-bond acceptors (Lipinski definition) is 2. The maximum absolute atomic E-state index is 2.45. The summed E-state index contributed by atoms with van der Waals surface area (Å²) in [6.45, 7) is 4.47. The molecular weight excluding hydrogens is 485 g/mol. The Balaban J connectivity index is 1.16. The highest BCUT2D eigenvalue weighted by molar-refractivity contribution is 7.36. The zero-order valence-corrected chi connectivity index (χ0v) is 24.0. The molecule has 0 aliphatic heterocycles. The van der Waals surface area contributed by atoms with E-state index in [9.17, 15) is 0 Å². The first kappa shape index (κ1) is 24.9. The van der Waals surface area contributed by atoms with Crippen LogP contribution in [0.4, 0.5) is 0 Å². The van der Waals surface area contributed by atoms with Gasteiger partial charge in [-0.2, -0.15) is 0 Å². The van der Waals surface area contributed by atoms with E-state index in [-0.39, 0.29) is 0 Å². The van der Waals surface area contributed by atoms with Crippen LogP contribution in [-0.2, 0) is 6.42 Å². The molecule has 0 saturated heterocycles. The molecule has 0 unspecified atom stereocenters. The van der Waals surface area contributed by atoms with E-state index in [1.807, 2.05) is 22.7 Å². The lowest BCUT2D eigenvalue weighted by atomic mass is 10.0. The van der Waals surface area contributed by atoms with Crippen molar-refractivity contribution in [1.82, 2.24) is 0 Å². The molecule has 0 bridgehead atoms. The number of benzene rings is 4. The lowest BCUT2D eigenvalue weighted by Crippen LogP contribution is -1.87. The van der Waals surface area contributed by atoms with E-state index in [4.69, 9.17) is 0 Å². The fourth-order valence-corrected chi connectivity index (χ4v) is 8.58. The van der Waals surface area contributed by atoms with Gasteiger partial charge in [-0.3, -0.25) is 0 Å². The Hall–Kier alpha value is -2.42. The van der Waals surface area contributed by atoms with Gasteiger partial charge in [0.05, 0.1) is 9.40 Å². The Morgan fingerprint density at radius 3 is 1.68 bits per heavy atom. The van der Waals surface area contributed by atoms with Crippen LogP contribution >= 0.6 is 22.7 Å². The van der Waals surface area contributed by atoms with Gasteiger partial charge in [0.25, 0.3) is 0 Å². The Labute approximate surface area is 229 Å². The molecule has 4 aromatic carbocycles. The predicted molar refractivity (Wildman–Crippen MR) is 170 cm³/mol. The van der Waals surface area contributed by atoms with Crippen molar-refractivity contribution in [3.63, 3.8) is 0 Å². The van der Waals surface area contributed by atoms with Gasteiger partial charge >= 0.3 is 0 Å². The highest BCUT2D eigenvalue weighted by Gasteiger charge is 2.14. The Kier molecular flexibility index (Phi) is 7.49. The zero-order valence-electron chi connectivity index (χ0n) is 22.4. The standard InChI is InChI=1S/C35H38S2/c1-3-4-5-6-7-8-9-10-11-12-13-25-15-17-27-21-31-33(23-29(27)19-25)37-34-30-20-26-16-14-24(2)18-28(26)22-32(30)36-35(31)34/h14-23H,3-13H2,1-2H3. The molecule has 0 radical (unpaired) electrons. The number of thiophene rings is 2. The summed E-state index contributed by atoms with van der Waals surface area (Å²) in [6, 6.07) is 23.6. The van der Waals surface area contributed by atoms with Gasteiger partial charge in [-0.1, -0.05) is 107 Å². The van der Waals surface area contributed by atoms with Gasteiger partial charge in [0, 0.05) is 20.2 Å². The van der Waals surface area contributed by atoms with Crippen LogP contribution in [0.3, 0.4) is 0 Å². The highest BCUT2D eigenvalue weighted by atomic mass is 32.1. The van der Waals surface area contributed by atoms with Crippen molar-refractivity contribution >= 4 is 73.8 Å². The average Bonchev–Trinajstić information content (AvgIpc) is 3.42. The topological polar surface area (TPSA) is 0 Å². The number of hydrogen-bond donors (Lipinski definition) is 0. The summed E-state index contributed by atoms with van der Waals surface area (Å²) in [5.74, 6) is 0. The van der Waals surface area contributed by atoms with Crippen molar-refractivity contribution in [2.45, 2.75) is 84.5 Å². The summed E-state index contributed by atoms with van der Waals surface area (Å²) in [4.78, 5) is 0. The van der Waals surface area contributed by atoms with Crippen LogP contribution in [0.5, 0.6) is 0 Å². The first-order valence-electron chi connectivity index (χ1n) is 14.4. The number of aryl methyl sites for hydroxylation is 2. The summed E-state index contributed by atoms with van der Waals surface area (Å²) < 4.78 is 5.75. The van der Waals surface area contributed by atoms with E-state index in [0.717, 1.165) is 0 Å². The second-order valence-corrected chi connectivity index (χ2v) is 13.1. The predicted octanol–water partition coefficient (Wildman–Crippen LogP) is 12.3. The lowest BCUT2D eigenvalue weighted by Gasteiger charge is -2.05. The Morgan fingerprint density at radius 1 is 0.514 bits per heavy atom. The first-order valence-corrected chi connectivity index (χ1v) is 16.0. The van der Waals surface area contributed by atoms with E-state index >= 15 is 0 Å². The van der Waals surface area contributed by atoms with Gasteiger partial charge in [-0.05, 0) is 71.1 Å². The monoisotopic (exact) mass is 522 g/mol. The molecule has 2 heteroatoms. The van der Waals surface area contributed by atoms with Crippen molar-refractivity contribution in [1.29, 1.82) is 0 Å². The second-order valence-electron chi connectivity index (χ2n) is 11.0.